The van der Waals surface area contributed by atoms with E-state index in [0.717, 1.165) is 6.20 Å². The van der Waals surface area contributed by atoms with Crippen LogP contribution in [0.25, 0.3) is 0 Å². The standard InChI is InChI=1S/C9H7ClF2N2O/c10-3-5-7(15)4-14-6(1-2-13)8(5)9(11)12/h4,9,15H,1,3H2. The topological polar surface area (TPSA) is 56.9 Å². The van der Waals surface area contributed by atoms with Crippen LogP contribution in [0.3, 0.4) is 0 Å². The number of rotatable bonds is 3. The van der Waals surface area contributed by atoms with Crippen LogP contribution in [0.4, 0.5) is 8.78 Å². The van der Waals surface area contributed by atoms with Gasteiger partial charge in [0.2, 0.25) is 0 Å². The van der Waals surface area contributed by atoms with Gasteiger partial charge < -0.3 is 5.11 Å². The second-order valence-electron chi connectivity index (χ2n) is 2.75. The molecule has 0 saturated carbocycles. The largest absolute Gasteiger partial charge is 0.506 e. The Morgan fingerprint density at radius 2 is 2.27 bits per heavy atom. The van der Waals surface area contributed by atoms with Crippen molar-refractivity contribution in [2.24, 2.45) is 0 Å². The molecule has 0 aliphatic carbocycles. The molecule has 6 heteroatoms. The number of nitrogens with zero attached hydrogens (tertiary/aromatic N) is 2. The van der Waals surface area contributed by atoms with E-state index in [1.54, 1.807) is 6.07 Å². The maximum atomic E-state index is 12.7. The number of hydrogen-bond donors (Lipinski definition) is 1. The highest BCUT2D eigenvalue weighted by atomic mass is 35.5. The third-order valence-electron chi connectivity index (χ3n) is 1.89. The minimum atomic E-state index is -2.80. The van der Waals surface area contributed by atoms with Gasteiger partial charge in [-0.25, -0.2) is 8.78 Å². The van der Waals surface area contributed by atoms with Crippen LogP contribution in [0, 0.1) is 11.3 Å². The maximum Gasteiger partial charge on any atom is 0.266 e. The van der Waals surface area contributed by atoms with Crippen LogP contribution in [-0.4, -0.2) is 10.1 Å². The molecule has 1 aromatic rings. The maximum absolute atomic E-state index is 12.7. The predicted molar refractivity (Wildman–Crippen MR) is 49.7 cm³/mol. The molecule has 3 nitrogen and oxygen atoms in total. The summed E-state index contributed by atoms with van der Waals surface area (Å²) < 4.78 is 25.3. The molecule has 0 amide bonds. The zero-order valence-corrected chi connectivity index (χ0v) is 8.30. The average Bonchev–Trinajstić information content (AvgIpc) is 2.20. The zero-order valence-electron chi connectivity index (χ0n) is 7.54. The van der Waals surface area contributed by atoms with E-state index < -0.39 is 12.0 Å². The van der Waals surface area contributed by atoms with Gasteiger partial charge in [-0.1, -0.05) is 0 Å². The quantitative estimate of drug-likeness (QED) is 0.815. The summed E-state index contributed by atoms with van der Waals surface area (Å²) in [5.74, 6) is -0.617. The van der Waals surface area contributed by atoms with E-state index >= 15 is 0 Å². The average molecular weight is 233 g/mol. The minimum absolute atomic E-state index is 0.0408. The Morgan fingerprint density at radius 1 is 1.60 bits per heavy atom. The molecule has 0 bridgehead atoms. The number of aromatic nitrogens is 1. The Morgan fingerprint density at radius 3 is 2.73 bits per heavy atom. The van der Waals surface area contributed by atoms with E-state index in [-0.39, 0.29) is 29.3 Å². The summed E-state index contributed by atoms with van der Waals surface area (Å²) >= 11 is 5.45. The summed E-state index contributed by atoms with van der Waals surface area (Å²) in [6.45, 7) is 0. The van der Waals surface area contributed by atoms with E-state index in [9.17, 15) is 13.9 Å². The van der Waals surface area contributed by atoms with Crippen molar-refractivity contribution in [3.63, 3.8) is 0 Å². The molecule has 1 aromatic heterocycles. The van der Waals surface area contributed by atoms with E-state index in [1.807, 2.05) is 0 Å². The first-order chi connectivity index (χ1) is 7.11. The third-order valence-corrected chi connectivity index (χ3v) is 2.15. The van der Waals surface area contributed by atoms with E-state index in [0.29, 0.717) is 0 Å². The van der Waals surface area contributed by atoms with Gasteiger partial charge in [0, 0.05) is 11.1 Å². The van der Waals surface area contributed by atoms with Crippen molar-refractivity contribution >= 4 is 11.6 Å². The number of hydrogen-bond acceptors (Lipinski definition) is 3. The lowest BCUT2D eigenvalue weighted by molar-refractivity contribution is 0.148. The highest BCUT2D eigenvalue weighted by Crippen LogP contribution is 2.32. The Balaban J connectivity index is 3.36. The van der Waals surface area contributed by atoms with Crippen LogP contribution in [0.5, 0.6) is 5.75 Å². The molecular weight excluding hydrogens is 226 g/mol. The monoisotopic (exact) mass is 232 g/mol. The molecule has 0 spiro atoms. The van der Waals surface area contributed by atoms with Crippen LogP contribution < -0.4 is 0 Å². The van der Waals surface area contributed by atoms with E-state index in [1.165, 1.54) is 0 Å². The van der Waals surface area contributed by atoms with Crippen LogP contribution in [-0.2, 0) is 12.3 Å². The molecule has 0 fully saturated rings. The van der Waals surface area contributed by atoms with E-state index in [2.05, 4.69) is 4.98 Å². The lowest BCUT2D eigenvalue weighted by atomic mass is 10.1. The Bertz CT molecular complexity index is 404. The SMILES string of the molecule is N#CCc1ncc(O)c(CCl)c1C(F)F. The van der Waals surface area contributed by atoms with Gasteiger partial charge >= 0.3 is 0 Å². The molecular formula is C9H7ClF2N2O. The number of alkyl halides is 3. The summed E-state index contributed by atoms with van der Waals surface area (Å²) in [6, 6.07) is 1.73. The van der Waals surface area contributed by atoms with Gasteiger partial charge in [-0.15, -0.1) is 11.6 Å². The van der Waals surface area contributed by atoms with Crippen LogP contribution in [0.2, 0.25) is 0 Å². The summed E-state index contributed by atoms with van der Waals surface area (Å²) in [6.07, 6.45) is -2.01. The van der Waals surface area contributed by atoms with Crippen LogP contribution in [0.1, 0.15) is 23.2 Å². The lowest BCUT2D eigenvalue weighted by Gasteiger charge is -2.11. The highest BCUT2D eigenvalue weighted by molar-refractivity contribution is 6.17. The lowest BCUT2D eigenvalue weighted by Crippen LogP contribution is -2.02. The molecule has 1 heterocycles. The van der Waals surface area contributed by atoms with Crippen molar-refractivity contribution in [1.29, 1.82) is 5.26 Å². The second kappa shape index (κ2) is 4.89. The minimum Gasteiger partial charge on any atom is -0.506 e. The van der Waals surface area contributed by atoms with E-state index in [4.69, 9.17) is 16.9 Å². The third kappa shape index (κ3) is 2.34. The van der Waals surface area contributed by atoms with Gasteiger partial charge in [0.25, 0.3) is 6.43 Å². The number of aromatic hydroxyl groups is 1. The Labute approximate surface area is 89.9 Å². The van der Waals surface area contributed by atoms with Gasteiger partial charge in [0.05, 0.1) is 30.3 Å². The van der Waals surface area contributed by atoms with Crippen molar-refractivity contribution in [1.82, 2.24) is 4.98 Å². The van der Waals surface area contributed by atoms with Crippen LogP contribution >= 0.6 is 11.6 Å². The van der Waals surface area contributed by atoms with Crippen LogP contribution in [0.15, 0.2) is 6.20 Å². The zero-order chi connectivity index (χ0) is 11.4. The summed E-state index contributed by atoms with van der Waals surface area (Å²) in [7, 11) is 0. The molecule has 0 saturated heterocycles. The molecule has 0 atom stereocenters. The molecule has 0 unspecified atom stereocenters. The molecule has 0 radical (unpaired) electrons. The van der Waals surface area contributed by atoms with Gasteiger partial charge in [-0.05, 0) is 0 Å². The van der Waals surface area contributed by atoms with Gasteiger partial charge in [0.15, 0.2) is 0 Å². The summed E-state index contributed by atoms with van der Waals surface area (Å²) in [5, 5.41) is 17.7. The molecule has 1 N–H and O–H groups in total. The highest BCUT2D eigenvalue weighted by Gasteiger charge is 2.21. The van der Waals surface area contributed by atoms with Crippen molar-refractivity contribution in [3.05, 3.63) is 23.0 Å². The first-order valence-electron chi connectivity index (χ1n) is 4.02. The normalized spacial score (nSPS) is 10.3. The molecule has 0 aliphatic heterocycles. The second-order valence-corrected chi connectivity index (χ2v) is 3.02. The number of halogens is 3. The van der Waals surface area contributed by atoms with Crippen molar-refractivity contribution < 1.29 is 13.9 Å². The molecule has 15 heavy (non-hydrogen) atoms. The molecule has 0 aromatic carbocycles. The molecule has 80 valence electrons. The fourth-order valence-electron chi connectivity index (χ4n) is 1.21. The van der Waals surface area contributed by atoms with Gasteiger partial charge in [0.1, 0.15) is 5.75 Å². The predicted octanol–water partition coefficient (Wildman–Crippen LogP) is 2.53. The Hall–Kier alpha value is -1.41. The molecule has 0 aliphatic rings. The first kappa shape index (κ1) is 11.7. The molecule has 1 rings (SSSR count). The van der Waals surface area contributed by atoms with Crippen molar-refractivity contribution in [3.8, 4) is 11.8 Å². The number of nitriles is 1. The smallest absolute Gasteiger partial charge is 0.266 e. The fourth-order valence-corrected chi connectivity index (χ4v) is 1.49. The van der Waals surface area contributed by atoms with Gasteiger partial charge in [-0.2, -0.15) is 5.26 Å². The summed E-state index contributed by atoms with van der Waals surface area (Å²) in [5.41, 5.74) is -0.542. The van der Waals surface area contributed by atoms with Crippen molar-refractivity contribution in [2.45, 2.75) is 18.7 Å². The Kier molecular flexibility index (Phi) is 3.81. The van der Waals surface area contributed by atoms with Crippen molar-refractivity contribution in [2.75, 3.05) is 0 Å². The fraction of sp³-hybridized carbons (Fsp3) is 0.333. The number of pyridine rings is 1. The summed E-state index contributed by atoms with van der Waals surface area (Å²) in [4.78, 5) is 3.59. The first-order valence-corrected chi connectivity index (χ1v) is 4.56. The van der Waals surface area contributed by atoms with Gasteiger partial charge in [-0.3, -0.25) is 4.98 Å².